The Labute approximate surface area is 366 Å². The van der Waals surface area contributed by atoms with E-state index in [2.05, 4.69) is 45.6 Å². The number of ketones is 5. The first kappa shape index (κ1) is 51.7. The van der Waals surface area contributed by atoms with E-state index in [4.69, 9.17) is 11.5 Å². The molecule has 1 amide bonds. The van der Waals surface area contributed by atoms with Crippen molar-refractivity contribution in [3.8, 4) is 0 Å². The van der Waals surface area contributed by atoms with Gasteiger partial charge in [0.05, 0.1) is 54.4 Å². The van der Waals surface area contributed by atoms with Gasteiger partial charge in [-0.3, -0.25) is 50.0 Å². The minimum atomic E-state index is -1.08. The van der Waals surface area contributed by atoms with E-state index in [-0.39, 0.29) is 67.4 Å². The van der Waals surface area contributed by atoms with E-state index >= 15 is 0 Å². The second-order valence-corrected chi connectivity index (χ2v) is 19.0. The summed E-state index contributed by atoms with van der Waals surface area (Å²) in [4.78, 5) is 81.8. The highest BCUT2D eigenvalue weighted by molar-refractivity contribution is 5.95. The van der Waals surface area contributed by atoms with Crippen LogP contribution in [0.2, 0.25) is 0 Å². The van der Waals surface area contributed by atoms with Gasteiger partial charge in [-0.2, -0.15) is 0 Å². The summed E-state index contributed by atoms with van der Waals surface area (Å²) in [6.07, 6.45) is 18.0. The van der Waals surface area contributed by atoms with Crippen molar-refractivity contribution in [2.45, 2.75) is 172 Å². The van der Waals surface area contributed by atoms with Gasteiger partial charge in [0.2, 0.25) is 5.91 Å². The average molecular weight is 847 g/mol. The zero-order valence-electron chi connectivity index (χ0n) is 38.2. The molecule has 12 nitrogen and oxygen atoms in total. The molecule has 0 saturated heterocycles. The summed E-state index contributed by atoms with van der Waals surface area (Å²) in [6, 6.07) is 9.01. The number of primary amides is 1. The molecule has 2 aliphatic rings. The lowest BCUT2D eigenvalue weighted by molar-refractivity contribution is -0.128. The molecule has 0 radical (unpaired) electrons. The monoisotopic (exact) mass is 847 g/mol. The third kappa shape index (κ3) is 16.8. The van der Waals surface area contributed by atoms with Gasteiger partial charge in [-0.15, -0.1) is 0 Å². The third-order valence-electron chi connectivity index (χ3n) is 13.1. The largest absolute Gasteiger partial charge is 0.369 e. The number of hydrogen-bond acceptors (Lipinski definition) is 11. The second-order valence-electron chi connectivity index (χ2n) is 19.0. The van der Waals surface area contributed by atoms with E-state index in [0.29, 0.717) is 44.9 Å². The molecule has 61 heavy (non-hydrogen) atoms. The summed E-state index contributed by atoms with van der Waals surface area (Å²) in [6.45, 7) is 11.1. The smallest absolute Gasteiger partial charge is 0.220 e. The third-order valence-corrected chi connectivity index (χ3v) is 13.1. The Hall–Kier alpha value is -3.68. The molecule has 0 saturated carbocycles. The average Bonchev–Trinajstić information content (AvgIpc) is 3.24. The summed E-state index contributed by atoms with van der Waals surface area (Å²) >= 11 is 0. The van der Waals surface area contributed by atoms with E-state index in [9.17, 15) is 28.8 Å². The van der Waals surface area contributed by atoms with Crippen LogP contribution in [-0.2, 0) is 35.2 Å². The van der Waals surface area contributed by atoms with Gasteiger partial charge in [0, 0.05) is 12.3 Å². The van der Waals surface area contributed by atoms with Crippen molar-refractivity contribution < 1.29 is 28.8 Å². The zero-order chi connectivity index (χ0) is 45.1. The fourth-order valence-corrected chi connectivity index (χ4v) is 8.36. The van der Waals surface area contributed by atoms with Crippen molar-refractivity contribution in [2.24, 2.45) is 23.3 Å². The van der Waals surface area contributed by atoms with E-state index in [1.54, 1.807) is 0 Å². The molecule has 0 fully saturated rings. The molecule has 0 bridgehead atoms. The van der Waals surface area contributed by atoms with Crippen molar-refractivity contribution in [1.29, 1.82) is 0 Å². The van der Waals surface area contributed by atoms with Gasteiger partial charge >= 0.3 is 0 Å². The Morgan fingerprint density at radius 1 is 0.689 bits per heavy atom. The number of hydrogen-bond donors (Lipinski definition) is 6. The molecule has 12 heteroatoms. The number of allylic oxidation sites excluding steroid dienone is 4. The van der Waals surface area contributed by atoms with E-state index in [1.165, 1.54) is 0 Å². The van der Waals surface area contributed by atoms with Crippen LogP contribution >= 0.6 is 0 Å². The van der Waals surface area contributed by atoms with Crippen LogP contribution in [0.3, 0.4) is 0 Å². The molecular weight excluding hydrogens is 769 g/mol. The fraction of sp³-hybridized carbons (Fsp3) is 0.673. The van der Waals surface area contributed by atoms with Crippen molar-refractivity contribution in [3.63, 3.8) is 0 Å². The van der Waals surface area contributed by atoms with Crippen LogP contribution in [0.15, 0.2) is 54.6 Å². The summed E-state index contributed by atoms with van der Waals surface area (Å²) in [5.74, 6) is -1.32. The minimum absolute atomic E-state index is 0.0127. The number of carbonyl (C=O) groups is 6. The molecule has 0 spiro atoms. The van der Waals surface area contributed by atoms with Gasteiger partial charge in [-0.1, -0.05) is 68.5 Å². The number of Topliss-reactive ketones (excluding diaryl/α,β-unsaturated/α-hetero) is 5. The van der Waals surface area contributed by atoms with Gasteiger partial charge in [0.15, 0.2) is 28.9 Å². The van der Waals surface area contributed by atoms with E-state index in [0.717, 1.165) is 56.9 Å². The first-order valence-corrected chi connectivity index (χ1v) is 22.9. The van der Waals surface area contributed by atoms with Gasteiger partial charge in [-0.05, 0) is 135 Å². The highest BCUT2D eigenvalue weighted by Gasteiger charge is 2.41. The quantitative estimate of drug-likeness (QED) is 0.108. The molecule has 0 aromatic heterocycles. The predicted octanol–water partition coefficient (Wildman–Crippen LogP) is 5.54. The molecule has 1 aromatic rings. The summed E-state index contributed by atoms with van der Waals surface area (Å²) in [5.41, 5.74) is 8.77. The molecule has 1 aromatic carbocycles. The highest BCUT2D eigenvalue weighted by Crippen LogP contribution is 2.25. The number of amides is 1. The van der Waals surface area contributed by atoms with Crippen LogP contribution in [0.5, 0.6) is 0 Å². The van der Waals surface area contributed by atoms with Gasteiger partial charge in [-0.25, -0.2) is 0 Å². The summed E-state index contributed by atoms with van der Waals surface area (Å²) in [5, 5.41) is 13.3. The topological polar surface area (TPSA) is 203 Å². The fourth-order valence-electron chi connectivity index (χ4n) is 8.36. The Morgan fingerprint density at radius 2 is 1.15 bits per heavy atom. The van der Waals surface area contributed by atoms with Gasteiger partial charge < -0.3 is 11.5 Å². The van der Waals surface area contributed by atoms with Crippen LogP contribution in [0.1, 0.15) is 143 Å². The van der Waals surface area contributed by atoms with Gasteiger partial charge in [0.1, 0.15) is 0 Å². The predicted molar refractivity (Wildman–Crippen MR) is 244 cm³/mol. The number of nitrogens with one attached hydrogen (secondary N) is 4. The van der Waals surface area contributed by atoms with Crippen LogP contribution in [-0.4, -0.2) is 89.2 Å². The van der Waals surface area contributed by atoms with Crippen molar-refractivity contribution in [1.82, 2.24) is 21.3 Å². The Bertz CT molecular complexity index is 1680. The lowest BCUT2D eigenvalue weighted by Gasteiger charge is -2.36. The van der Waals surface area contributed by atoms with Crippen LogP contribution in [0, 0.1) is 11.8 Å². The first-order chi connectivity index (χ1) is 28.8. The zero-order valence-corrected chi connectivity index (χ0v) is 38.2. The number of nitrogens with two attached hydrogens (primary N) is 2. The molecule has 0 unspecified atom stereocenters. The normalized spacial score (nSPS) is 28.7. The highest BCUT2D eigenvalue weighted by atomic mass is 16.2. The maximum atomic E-state index is 14.3. The van der Waals surface area contributed by atoms with Crippen LogP contribution in [0.4, 0.5) is 0 Å². The van der Waals surface area contributed by atoms with Gasteiger partial charge in [0.25, 0.3) is 0 Å². The van der Waals surface area contributed by atoms with Crippen molar-refractivity contribution in [2.75, 3.05) is 26.2 Å². The lowest BCUT2D eigenvalue weighted by Crippen LogP contribution is -2.62. The summed E-state index contributed by atoms with van der Waals surface area (Å²) < 4.78 is 0. The molecule has 340 valence electrons. The second kappa shape index (κ2) is 24.8. The Morgan fingerprint density at radius 3 is 1.62 bits per heavy atom. The SMILES string of the molecule is CC(C)C[C@H](N)C(=O)CN[C@@]1(C)CCC/C=C\CCC[C@@](C)(C(=O)CN[C@@]2(C)CCC/C=C\CCC[C@@](C)(C(=O)CC[C@@H](Cc3ccccc3)C(N)=O)NCC2=O)NCC1=O. The van der Waals surface area contributed by atoms with Crippen molar-refractivity contribution >= 4 is 34.8 Å². The van der Waals surface area contributed by atoms with Crippen LogP contribution < -0.4 is 32.7 Å². The maximum Gasteiger partial charge on any atom is 0.220 e. The number of rotatable bonds is 17. The maximum absolute atomic E-state index is 14.3. The molecule has 6 atom stereocenters. The molecule has 8 N–H and O–H groups in total. The molecule has 0 aliphatic carbocycles. The number of carbonyl (C=O) groups excluding carboxylic acids is 6. The number of benzene rings is 1. The Kier molecular flexibility index (Phi) is 21.0. The first-order valence-electron chi connectivity index (χ1n) is 22.9. The van der Waals surface area contributed by atoms with E-state index in [1.807, 2.05) is 71.9 Å². The summed E-state index contributed by atoms with van der Waals surface area (Å²) in [7, 11) is 0. The molecular formula is C49H78N6O6. The molecule has 2 aliphatic heterocycles. The minimum Gasteiger partial charge on any atom is -0.369 e. The van der Waals surface area contributed by atoms with E-state index < -0.39 is 40.0 Å². The van der Waals surface area contributed by atoms with Crippen molar-refractivity contribution in [3.05, 3.63) is 60.2 Å². The van der Waals surface area contributed by atoms with Crippen LogP contribution in [0.25, 0.3) is 0 Å². The molecule has 2 heterocycles. The molecule has 3 rings (SSSR count). The lowest BCUT2D eigenvalue weighted by atomic mass is 9.83. The Balaban J connectivity index is 1.74. The standard InChI is InChI=1S/C49H78N6O6/c1-36(2)30-39(50)40(56)32-52-47(4)27-19-12-9-10-14-21-29-49(6,54-34-42(47)58)44(60)35-55-48(5)28-20-13-8-7-11-18-26-46(3,53-33-43(48)59)41(57)25-24-38(45(51)61)31-37-22-16-15-17-23-37/h7-10,15-17,22-23,36,38-39,52-55H,11-14,18-21,24-35,50H2,1-6H3,(H2,51,61)/b8-7-,10-9-/t38-,39-,46-,47-,48-,49-/m0/s1.